The second-order valence-corrected chi connectivity index (χ2v) is 10.0. The SMILES string of the molecule is [O-][n+]1cc(-c2c(-n3cnnn3)ccc(Cl)c2F)ccc1C(Cc1ccc(C(F)(F)F)nc1)n1cc(-c2ccn(C(F)F)n2)cn1. The first-order valence-electron chi connectivity index (χ1n) is 12.8. The molecule has 1 atom stereocenters. The molecule has 0 saturated carbocycles. The number of nitrogens with zero attached hydrogens (tertiary/aromatic N) is 10. The molecule has 45 heavy (non-hydrogen) atoms. The zero-order chi connectivity index (χ0) is 31.9. The van der Waals surface area contributed by atoms with Gasteiger partial charge >= 0.3 is 12.7 Å². The predicted molar refractivity (Wildman–Crippen MR) is 144 cm³/mol. The Labute approximate surface area is 253 Å². The summed E-state index contributed by atoms with van der Waals surface area (Å²) >= 11 is 6.04. The fourth-order valence-corrected chi connectivity index (χ4v) is 4.84. The molecule has 0 radical (unpaired) electrons. The number of hydrogen-bond donors (Lipinski definition) is 0. The number of halogens is 7. The summed E-state index contributed by atoms with van der Waals surface area (Å²) < 4.78 is 84.3. The summed E-state index contributed by atoms with van der Waals surface area (Å²) in [5.74, 6) is -0.829. The minimum absolute atomic E-state index is 0.0548. The van der Waals surface area contributed by atoms with Crippen LogP contribution in [0.3, 0.4) is 0 Å². The van der Waals surface area contributed by atoms with Crippen LogP contribution in [-0.2, 0) is 12.6 Å². The highest BCUT2D eigenvalue weighted by atomic mass is 35.5. The molecule has 0 amide bonds. The van der Waals surface area contributed by atoms with E-state index in [2.05, 4.69) is 30.7 Å². The van der Waals surface area contributed by atoms with Gasteiger partial charge < -0.3 is 5.21 Å². The molecule has 1 aromatic carbocycles. The van der Waals surface area contributed by atoms with E-state index in [1.807, 2.05) is 0 Å². The van der Waals surface area contributed by atoms with Crippen LogP contribution >= 0.6 is 11.6 Å². The minimum atomic E-state index is -4.65. The zero-order valence-corrected chi connectivity index (χ0v) is 23.1. The van der Waals surface area contributed by atoms with Gasteiger partial charge in [0.15, 0.2) is 12.0 Å². The molecule has 5 aromatic heterocycles. The first-order chi connectivity index (χ1) is 21.5. The maximum Gasteiger partial charge on any atom is 0.433 e. The van der Waals surface area contributed by atoms with Crippen LogP contribution in [0.2, 0.25) is 5.02 Å². The molecular formula is C27H17ClF6N10O. The van der Waals surface area contributed by atoms with E-state index in [9.17, 15) is 27.2 Å². The molecule has 11 nitrogen and oxygen atoms in total. The van der Waals surface area contributed by atoms with Gasteiger partial charge in [0.2, 0.25) is 5.69 Å². The molecule has 0 spiro atoms. The summed E-state index contributed by atoms with van der Waals surface area (Å²) in [5, 5.41) is 32.4. The predicted octanol–water partition coefficient (Wildman–Crippen LogP) is 5.46. The Morgan fingerprint density at radius 3 is 2.44 bits per heavy atom. The van der Waals surface area contributed by atoms with Gasteiger partial charge in [-0.25, -0.2) is 9.07 Å². The van der Waals surface area contributed by atoms with Crippen molar-refractivity contribution in [2.24, 2.45) is 0 Å². The smallest absolute Gasteiger partial charge is 0.433 e. The topological polar surface area (TPSA) is 119 Å². The second kappa shape index (κ2) is 11.6. The Morgan fingerprint density at radius 1 is 0.978 bits per heavy atom. The monoisotopic (exact) mass is 646 g/mol. The van der Waals surface area contributed by atoms with Crippen molar-refractivity contribution in [1.29, 1.82) is 0 Å². The quantitative estimate of drug-likeness (QED) is 0.122. The third kappa shape index (κ3) is 5.93. The van der Waals surface area contributed by atoms with Gasteiger partial charge in [-0.05, 0) is 46.3 Å². The van der Waals surface area contributed by atoms with E-state index in [-0.39, 0.29) is 39.6 Å². The summed E-state index contributed by atoms with van der Waals surface area (Å²) in [5.41, 5.74) is 0.0690. The molecule has 0 fully saturated rings. The summed E-state index contributed by atoms with van der Waals surface area (Å²) in [4.78, 5) is 3.49. The van der Waals surface area contributed by atoms with Crippen molar-refractivity contribution >= 4 is 11.6 Å². The summed E-state index contributed by atoms with van der Waals surface area (Å²) in [6.45, 7) is -2.86. The van der Waals surface area contributed by atoms with E-state index in [1.165, 1.54) is 64.5 Å². The van der Waals surface area contributed by atoms with Crippen molar-refractivity contribution in [1.82, 2.24) is 44.8 Å². The van der Waals surface area contributed by atoms with Crippen molar-refractivity contribution in [2.45, 2.75) is 25.2 Å². The Kier molecular flexibility index (Phi) is 7.69. The molecule has 6 rings (SSSR count). The van der Waals surface area contributed by atoms with Gasteiger partial charge in [-0.3, -0.25) is 9.67 Å². The molecule has 0 bridgehead atoms. The number of benzene rings is 1. The number of rotatable bonds is 8. The van der Waals surface area contributed by atoms with Crippen molar-refractivity contribution in [2.75, 3.05) is 0 Å². The van der Waals surface area contributed by atoms with Gasteiger partial charge in [-0.15, -0.1) is 5.10 Å². The number of aromatic nitrogens is 10. The molecule has 1 unspecified atom stereocenters. The molecule has 6 aromatic rings. The van der Waals surface area contributed by atoms with E-state index in [0.717, 1.165) is 24.7 Å². The first kappa shape index (κ1) is 29.7. The van der Waals surface area contributed by atoms with Crippen molar-refractivity contribution in [3.05, 3.63) is 113 Å². The number of alkyl halides is 5. The minimum Gasteiger partial charge on any atom is -0.618 e. The largest absolute Gasteiger partial charge is 0.618 e. The lowest BCUT2D eigenvalue weighted by Gasteiger charge is -2.18. The summed E-state index contributed by atoms with van der Waals surface area (Å²) in [6, 6.07) is 8.10. The maximum absolute atomic E-state index is 15.3. The lowest BCUT2D eigenvalue weighted by atomic mass is 10.0. The van der Waals surface area contributed by atoms with Gasteiger partial charge in [-0.2, -0.15) is 41.6 Å². The van der Waals surface area contributed by atoms with Gasteiger partial charge in [0.05, 0.1) is 33.7 Å². The maximum atomic E-state index is 15.3. The molecule has 5 heterocycles. The Balaban J connectivity index is 1.42. The molecule has 0 N–H and O–H groups in total. The highest BCUT2D eigenvalue weighted by Gasteiger charge is 2.33. The number of hydrogen-bond acceptors (Lipinski definition) is 7. The van der Waals surface area contributed by atoms with Crippen LogP contribution in [0.25, 0.3) is 28.1 Å². The third-order valence-electron chi connectivity index (χ3n) is 6.81. The summed E-state index contributed by atoms with van der Waals surface area (Å²) in [6.07, 6.45) is 2.56. The number of pyridine rings is 2. The van der Waals surface area contributed by atoms with Crippen LogP contribution in [0.4, 0.5) is 26.3 Å². The van der Waals surface area contributed by atoms with Gasteiger partial charge in [0.1, 0.15) is 18.1 Å². The molecule has 18 heteroatoms. The fraction of sp³-hybridized carbons (Fsp3) is 0.148. The molecule has 0 aliphatic heterocycles. The lowest BCUT2D eigenvalue weighted by Crippen LogP contribution is -2.36. The Bertz CT molecular complexity index is 1960. The average molecular weight is 647 g/mol. The van der Waals surface area contributed by atoms with Gasteiger partial charge in [0.25, 0.3) is 0 Å². The van der Waals surface area contributed by atoms with Crippen LogP contribution in [0.1, 0.15) is 29.5 Å². The van der Waals surface area contributed by atoms with E-state index in [0.29, 0.717) is 20.5 Å². The zero-order valence-electron chi connectivity index (χ0n) is 22.4. The van der Waals surface area contributed by atoms with Crippen LogP contribution in [0.15, 0.2) is 79.8 Å². The van der Waals surface area contributed by atoms with Crippen LogP contribution in [0, 0.1) is 11.0 Å². The average Bonchev–Trinajstić information content (AvgIpc) is 3.79. The second-order valence-electron chi connectivity index (χ2n) is 9.62. The third-order valence-corrected chi connectivity index (χ3v) is 7.10. The highest BCUT2D eigenvalue weighted by Crippen LogP contribution is 2.34. The molecule has 230 valence electrons. The molecule has 0 saturated heterocycles. The summed E-state index contributed by atoms with van der Waals surface area (Å²) in [7, 11) is 0. The van der Waals surface area contributed by atoms with E-state index >= 15 is 4.39 Å². The normalized spacial score (nSPS) is 12.6. The Hall–Kier alpha value is -5.32. The van der Waals surface area contributed by atoms with Crippen LogP contribution in [-0.4, -0.2) is 44.8 Å². The first-order valence-corrected chi connectivity index (χ1v) is 13.2. The van der Waals surface area contributed by atoms with Crippen molar-refractivity contribution in [3.63, 3.8) is 0 Å². The molecule has 0 aliphatic carbocycles. The van der Waals surface area contributed by atoms with Crippen LogP contribution < -0.4 is 4.73 Å². The van der Waals surface area contributed by atoms with E-state index < -0.39 is 30.3 Å². The van der Waals surface area contributed by atoms with Gasteiger partial charge in [0, 0.05) is 36.6 Å². The van der Waals surface area contributed by atoms with E-state index in [4.69, 9.17) is 11.6 Å². The van der Waals surface area contributed by atoms with E-state index in [1.54, 1.807) is 0 Å². The van der Waals surface area contributed by atoms with Crippen molar-refractivity contribution in [3.8, 4) is 28.1 Å². The van der Waals surface area contributed by atoms with Crippen LogP contribution in [0.5, 0.6) is 0 Å². The van der Waals surface area contributed by atoms with Gasteiger partial charge in [-0.1, -0.05) is 17.7 Å². The van der Waals surface area contributed by atoms with Crippen molar-refractivity contribution < 1.29 is 31.1 Å². The lowest BCUT2D eigenvalue weighted by molar-refractivity contribution is -0.615. The molecular weight excluding hydrogens is 630 g/mol. The fourth-order valence-electron chi connectivity index (χ4n) is 4.69. The highest BCUT2D eigenvalue weighted by molar-refractivity contribution is 6.31. The standard InChI is InChI=1S/C27H17ClF6N10O/c28-18-3-5-21(43-14-36-39-40-43)24(25(18)29)16-2-4-20(44(45)13-16)22(9-15-1-6-23(35-10-15)27(32,33)34)42-12-17(11-37-42)19-7-8-41(38-19)26(30)31/h1-8,10-14,22,26H,9H2. The molecule has 0 aliphatic rings. The number of tetrazole rings is 1. The Morgan fingerprint density at radius 2 is 1.80 bits per heavy atom.